The lowest BCUT2D eigenvalue weighted by molar-refractivity contribution is 0.243. The van der Waals surface area contributed by atoms with Crippen LogP contribution in [0.5, 0.6) is 0 Å². The largest absolute Gasteiger partial charge is 0.330 e. The number of nitrogens with zero attached hydrogens (tertiary/aromatic N) is 2. The van der Waals surface area contributed by atoms with Gasteiger partial charge in [-0.1, -0.05) is 42.5 Å². The monoisotopic (exact) mass is 386 g/mol. The highest BCUT2D eigenvalue weighted by Gasteiger charge is 2.19. The molecule has 5 heteroatoms. The predicted octanol–water partition coefficient (Wildman–Crippen LogP) is 5.41. The van der Waals surface area contributed by atoms with Gasteiger partial charge in [-0.05, 0) is 48.9 Å². The molecule has 2 nitrogen and oxygen atoms in total. The van der Waals surface area contributed by atoms with E-state index in [2.05, 4.69) is 46.2 Å². The van der Waals surface area contributed by atoms with Crippen molar-refractivity contribution in [1.82, 2.24) is 9.47 Å². The molecule has 0 aliphatic rings. The maximum absolute atomic E-state index is 13.4. The smallest absolute Gasteiger partial charge is 0.160 e. The van der Waals surface area contributed by atoms with Gasteiger partial charge in [0.05, 0.1) is 0 Å². The number of likely N-dealkylation sites (N-methyl/N-ethyl adjacent to an activating group) is 1. The minimum absolute atomic E-state index is 0.175. The second kappa shape index (κ2) is 8.71. The number of rotatable bonds is 7. The number of hydrogen-bond donors (Lipinski definition) is 0. The molecule has 0 saturated carbocycles. The molecule has 2 aromatic carbocycles. The Labute approximate surface area is 163 Å². The average Bonchev–Trinajstić information content (AvgIpc) is 2.98. The molecule has 0 aliphatic heterocycles. The molecule has 0 N–H and O–H groups in total. The van der Waals surface area contributed by atoms with E-state index in [-0.39, 0.29) is 11.9 Å². The van der Waals surface area contributed by atoms with Gasteiger partial charge >= 0.3 is 0 Å². The molecule has 0 aliphatic carbocycles. The van der Waals surface area contributed by atoms with Crippen molar-refractivity contribution in [2.24, 2.45) is 7.05 Å². The zero-order valence-corrected chi connectivity index (χ0v) is 16.7. The highest BCUT2D eigenvalue weighted by molar-refractivity contribution is 7.73. The van der Waals surface area contributed by atoms with Crippen LogP contribution in [0.4, 0.5) is 4.39 Å². The maximum Gasteiger partial charge on any atom is 0.160 e. The number of benzene rings is 2. The van der Waals surface area contributed by atoms with Crippen molar-refractivity contribution in [3.8, 4) is 0 Å². The first kappa shape index (κ1) is 19.0. The van der Waals surface area contributed by atoms with Gasteiger partial charge in [0.25, 0.3) is 0 Å². The Balaban J connectivity index is 1.80. The first-order valence-corrected chi connectivity index (χ1v) is 9.96. The second-order valence-electron chi connectivity index (χ2n) is 6.54. The van der Waals surface area contributed by atoms with Crippen molar-refractivity contribution >= 4 is 23.6 Å². The number of aromatic nitrogens is 1. The molecule has 1 unspecified atom stereocenters. The van der Waals surface area contributed by atoms with E-state index in [4.69, 9.17) is 12.2 Å². The third-order valence-electron chi connectivity index (χ3n) is 4.79. The normalized spacial score (nSPS) is 12.5. The van der Waals surface area contributed by atoms with Crippen LogP contribution in [0.25, 0.3) is 0 Å². The standard InChI is InChI=1S/C21H23FN2S2/c1-23(13-12-16-6-4-3-5-7-16)20(17-8-10-18(22)11-9-17)14-19-15-26-21(25)24(19)2/h3-11,15,20H,12-14H2,1-2H3. The van der Waals surface area contributed by atoms with Crippen molar-refractivity contribution in [3.05, 3.63) is 86.6 Å². The van der Waals surface area contributed by atoms with Gasteiger partial charge in [0.2, 0.25) is 0 Å². The Kier molecular flexibility index (Phi) is 6.35. The molecule has 1 aromatic heterocycles. The van der Waals surface area contributed by atoms with Gasteiger partial charge in [-0.25, -0.2) is 4.39 Å². The summed E-state index contributed by atoms with van der Waals surface area (Å²) in [4.78, 5) is 2.35. The molecule has 1 atom stereocenters. The summed E-state index contributed by atoms with van der Waals surface area (Å²) in [5, 5.41) is 2.13. The quantitative estimate of drug-likeness (QED) is 0.502. The van der Waals surface area contributed by atoms with Crippen molar-refractivity contribution in [1.29, 1.82) is 0 Å². The Morgan fingerprint density at radius 2 is 1.81 bits per heavy atom. The number of halogens is 1. The molecule has 0 fully saturated rings. The van der Waals surface area contributed by atoms with Crippen molar-refractivity contribution in [2.45, 2.75) is 18.9 Å². The van der Waals surface area contributed by atoms with Crippen LogP contribution in [0.2, 0.25) is 0 Å². The lowest BCUT2D eigenvalue weighted by atomic mass is 10.00. The van der Waals surface area contributed by atoms with E-state index in [1.165, 1.54) is 11.3 Å². The SMILES string of the molecule is CN(CCc1ccccc1)C(Cc1csc(=S)n1C)c1ccc(F)cc1. The summed E-state index contributed by atoms with van der Waals surface area (Å²) >= 11 is 6.95. The number of thiazole rings is 1. The van der Waals surface area contributed by atoms with E-state index in [0.717, 1.165) is 28.9 Å². The van der Waals surface area contributed by atoms with Gasteiger partial charge in [0.1, 0.15) is 5.82 Å². The van der Waals surface area contributed by atoms with Crippen LogP contribution >= 0.6 is 23.6 Å². The molecule has 26 heavy (non-hydrogen) atoms. The first-order valence-electron chi connectivity index (χ1n) is 8.67. The Bertz CT molecular complexity index is 884. The Morgan fingerprint density at radius 1 is 1.12 bits per heavy atom. The summed E-state index contributed by atoms with van der Waals surface area (Å²) in [5.74, 6) is -0.201. The van der Waals surface area contributed by atoms with Gasteiger partial charge in [-0.15, -0.1) is 11.3 Å². The highest BCUT2D eigenvalue weighted by Crippen LogP contribution is 2.26. The zero-order chi connectivity index (χ0) is 18.5. The molecule has 0 amide bonds. The minimum atomic E-state index is -0.201. The molecule has 0 bridgehead atoms. The van der Waals surface area contributed by atoms with Crippen molar-refractivity contribution in [2.75, 3.05) is 13.6 Å². The summed E-state index contributed by atoms with van der Waals surface area (Å²) < 4.78 is 16.3. The maximum atomic E-state index is 13.4. The van der Waals surface area contributed by atoms with Crippen LogP contribution < -0.4 is 0 Å². The van der Waals surface area contributed by atoms with Gasteiger partial charge in [0, 0.05) is 37.1 Å². The Hall–Kier alpha value is -1.82. The number of hydrogen-bond acceptors (Lipinski definition) is 3. The molecular weight excluding hydrogens is 363 g/mol. The summed E-state index contributed by atoms with van der Waals surface area (Å²) in [6.45, 7) is 0.931. The molecule has 1 heterocycles. The summed E-state index contributed by atoms with van der Waals surface area (Å²) in [5.41, 5.74) is 3.66. The predicted molar refractivity (Wildman–Crippen MR) is 110 cm³/mol. The topological polar surface area (TPSA) is 8.17 Å². The van der Waals surface area contributed by atoms with Gasteiger partial charge in [-0.2, -0.15) is 0 Å². The van der Waals surface area contributed by atoms with Crippen LogP contribution in [0.15, 0.2) is 60.0 Å². The fourth-order valence-electron chi connectivity index (χ4n) is 3.10. The van der Waals surface area contributed by atoms with E-state index in [0.29, 0.717) is 0 Å². The first-order chi connectivity index (χ1) is 12.5. The summed E-state index contributed by atoms with van der Waals surface area (Å²) in [6.07, 6.45) is 1.83. The molecule has 3 aromatic rings. The van der Waals surface area contributed by atoms with Gasteiger partial charge in [0.15, 0.2) is 3.95 Å². The van der Waals surface area contributed by atoms with Crippen molar-refractivity contribution in [3.63, 3.8) is 0 Å². The molecule has 0 spiro atoms. The molecule has 136 valence electrons. The minimum Gasteiger partial charge on any atom is -0.330 e. The zero-order valence-electron chi connectivity index (χ0n) is 15.1. The van der Waals surface area contributed by atoms with Gasteiger partial charge in [-0.3, -0.25) is 4.90 Å². The molecule has 0 saturated heterocycles. The van der Waals surface area contributed by atoms with Crippen LogP contribution in [0.3, 0.4) is 0 Å². The summed E-state index contributed by atoms with van der Waals surface area (Å²) in [6, 6.07) is 17.5. The third kappa shape index (κ3) is 4.67. The average molecular weight is 387 g/mol. The van der Waals surface area contributed by atoms with Crippen molar-refractivity contribution < 1.29 is 4.39 Å². The molecule has 3 rings (SSSR count). The highest BCUT2D eigenvalue weighted by atomic mass is 32.1. The van der Waals surface area contributed by atoms with Crippen LogP contribution in [0.1, 0.15) is 22.9 Å². The van der Waals surface area contributed by atoms with E-state index in [1.807, 2.05) is 25.2 Å². The van der Waals surface area contributed by atoms with E-state index in [9.17, 15) is 4.39 Å². The van der Waals surface area contributed by atoms with E-state index >= 15 is 0 Å². The third-order valence-corrected chi connectivity index (χ3v) is 6.21. The van der Waals surface area contributed by atoms with E-state index < -0.39 is 0 Å². The fraction of sp³-hybridized carbons (Fsp3) is 0.286. The molecular formula is C21H23FN2S2. The van der Waals surface area contributed by atoms with Crippen LogP contribution in [-0.2, 0) is 19.9 Å². The van der Waals surface area contributed by atoms with Crippen LogP contribution in [0, 0.1) is 9.77 Å². The second-order valence-corrected chi connectivity index (χ2v) is 8.04. The lowest BCUT2D eigenvalue weighted by Gasteiger charge is -2.29. The van der Waals surface area contributed by atoms with Gasteiger partial charge < -0.3 is 4.57 Å². The lowest BCUT2D eigenvalue weighted by Crippen LogP contribution is -2.29. The van der Waals surface area contributed by atoms with E-state index in [1.54, 1.807) is 23.5 Å². The van der Waals surface area contributed by atoms with Crippen LogP contribution in [-0.4, -0.2) is 23.1 Å². The summed E-state index contributed by atoms with van der Waals surface area (Å²) in [7, 11) is 4.15. The molecule has 0 radical (unpaired) electrons. The fourth-order valence-corrected chi connectivity index (χ4v) is 4.12. The Morgan fingerprint density at radius 3 is 2.42 bits per heavy atom.